The number of nitrogens with one attached hydrogen (secondary N) is 1. The maximum atomic E-state index is 12.2. The second kappa shape index (κ2) is 7.53. The first-order valence-electron chi connectivity index (χ1n) is 7.96. The van der Waals surface area contributed by atoms with Gasteiger partial charge in [-0.3, -0.25) is 4.79 Å². The lowest BCUT2D eigenvalue weighted by Gasteiger charge is -2.06. The molecule has 1 aliphatic heterocycles. The van der Waals surface area contributed by atoms with Crippen molar-refractivity contribution in [2.45, 2.75) is 25.0 Å². The average molecular weight is 340 g/mol. The highest BCUT2D eigenvalue weighted by atomic mass is 32.2. The summed E-state index contributed by atoms with van der Waals surface area (Å²) in [4.78, 5) is 16.7. The van der Waals surface area contributed by atoms with Crippen molar-refractivity contribution in [1.29, 1.82) is 0 Å². The van der Waals surface area contributed by atoms with Crippen LogP contribution in [0.1, 0.15) is 18.1 Å². The first-order chi connectivity index (χ1) is 11.7. The number of aliphatic imine (C=N–C) groups is 1. The van der Waals surface area contributed by atoms with Crippen LogP contribution in [0.2, 0.25) is 0 Å². The molecule has 0 aromatic heterocycles. The highest BCUT2D eigenvalue weighted by Crippen LogP contribution is 2.26. The maximum absolute atomic E-state index is 12.2. The quantitative estimate of drug-likeness (QED) is 0.902. The summed E-state index contributed by atoms with van der Waals surface area (Å²) in [5, 5.41) is 3.40. The molecule has 2 aromatic rings. The number of aryl methyl sites for hydroxylation is 1. The molecule has 0 aliphatic carbocycles. The first kappa shape index (κ1) is 16.6. The van der Waals surface area contributed by atoms with Gasteiger partial charge in [-0.1, -0.05) is 43.0 Å². The van der Waals surface area contributed by atoms with Crippen LogP contribution in [0.3, 0.4) is 0 Å². The minimum Gasteiger partial charge on any atom is -0.497 e. The molecule has 0 spiro atoms. The third-order valence-electron chi connectivity index (χ3n) is 3.93. The Balaban J connectivity index is 1.66. The van der Waals surface area contributed by atoms with Gasteiger partial charge >= 0.3 is 0 Å². The first-order valence-corrected chi connectivity index (χ1v) is 8.84. The number of carbonyl (C=O) groups excluding carboxylic acids is 1. The number of amides is 1. The van der Waals surface area contributed by atoms with Crippen molar-refractivity contribution < 1.29 is 9.53 Å². The summed E-state index contributed by atoms with van der Waals surface area (Å²) in [7, 11) is 1.64. The molecule has 3 rings (SSSR count). The van der Waals surface area contributed by atoms with Crippen molar-refractivity contribution in [2.75, 3.05) is 7.11 Å². The van der Waals surface area contributed by atoms with E-state index in [1.165, 1.54) is 17.3 Å². The van der Waals surface area contributed by atoms with Crippen LogP contribution >= 0.6 is 11.8 Å². The van der Waals surface area contributed by atoms with Crippen LogP contribution in [0.25, 0.3) is 0 Å². The van der Waals surface area contributed by atoms with Crippen molar-refractivity contribution in [3.8, 4) is 5.75 Å². The Hall–Kier alpha value is -2.27. The summed E-state index contributed by atoms with van der Waals surface area (Å²) in [5.41, 5.74) is 3.25. The standard InChI is InChI=1S/C19H20N2O2S/c1-3-13-4-8-15(9-5-13)20-19-21-18(22)17(24-19)12-14-6-10-16(23-2)11-7-14/h4-11,17H,3,12H2,1-2H3,(H,20,21,22)/t17-/m0/s1. The van der Waals surface area contributed by atoms with Crippen LogP contribution in [0.15, 0.2) is 53.5 Å². The predicted octanol–water partition coefficient (Wildman–Crippen LogP) is 3.72. The fraction of sp³-hybridized carbons (Fsp3) is 0.263. The molecule has 5 heteroatoms. The largest absolute Gasteiger partial charge is 0.497 e. The van der Waals surface area contributed by atoms with E-state index in [2.05, 4.69) is 29.4 Å². The number of carbonyl (C=O) groups is 1. The predicted molar refractivity (Wildman–Crippen MR) is 99.1 cm³/mol. The molecule has 0 radical (unpaired) electrons. The third-order valence-corrected chi connectivity index (χ3v) is 5.01. The fourth-order valence-electron chi connectivity index (χ4n) is 2.49. The van der Waals surface area contributed by atoms with E-state index >= 15 is 0 Å². The number of amidine groups is 1. The normalized spacial score (nSPS) is 18.7. The zero-order chi connectivity index (χ0) is 16.9. The van der Waals surface area contributed by atoms with E-state index in [-0.39, 0.29) is 11.2 Å². The van der Waals surface area contributed by atoms with E-state index in [0.717, 1.165) is 23.4 Å². The number of rotatable bonds is 5. The average Bonchev–Trinajstić information content (AvgIpc) is 2.95. The van der Waals surface area contributed by atoms with Crippen molar-refractivity contribution in [3.63, 3.8) is 0 Å². The summed E-state index contributed by atoms with van der Waals surface area (Å²) in [5.74, 6) is 0.833. The van der Waals surface area contributed by atoms with E-state index in [0.29, 0.717) is 11.6 Å². The minimum atomic E-state index is -0.146. The Morgan fingerprint density at radius 3 is 2.38 bits per heavy atom. The van der Waals surface area contributed by atoms with Crippen molar-refractivity contribution in [3.05, 3.63) is 59.7 Å². The Labute approximate surface area is 146 Å². The van der Waals surface area contributed by atoms with Gasteiger partial charge in [0.2, 0.25) is 5.91 Å². The van der Waals surface area contributed by atoms with E-state index in [4.69, 9.17) is 4.74 Å². The Morgan fingerprint density at radius 1 is 1.08 bits per heavy atom. The molecule has 0 unspecified atom stereocenters. The summed E-state index contributed by atoms with van der Waals surface area (Å²) in [6.45, 7) is 2.12. The number of ether oxygens (including phenoxy) is 1. The Kier molecular flexibility index (Phi) is 5.20. The zero-order valence-corrected chi connectivity index (χ0v) is 14.6. The molecule has 1 saturated heterocycles. The molecule has 1 heterocycles. The molecular formula is C19H20N2O2S. The molecule has 2 aromatic carbocycles. The Morgan fingerprint density at radius 2 is 1.75 bits per heavy atom. The fourth-order valence-corrected chi connectivity index (χ4v) is 3.52. The lowest BCUT2D eigenvalue weighted by molar-refractivity contribution is -0.118. The van der Waals surface area contributed by atoms with Crippen LogP contribution in [0.5, 0.6) is 5.75 Å². The zero-order valence-electron chi connectivity index (χ0n) is 13.8. The summed E-state index contributed by atoms with van der Waals surface area (Å²) in [6, 6.07) is 15.9. The molecule has 0 saturated carbocycles. The molecule has 1 fully saturated rings. The van der Waals surface area contributed by atoms with Crippen molar-refractivity contribution >= 4 is 28.5 Å². The molecule has 1 aliphatic rings. The third kappa shape index (κ3) is 3.97. The van der Waals surface area contributed by atoms with E-state index in [9.17, 15) is 4.79 Å². The minimum absolute atomic E-state index is 0.0137. The molecule has 1 N–H and O–H groups in total. The van der Waals surface area contributed by atoms with Gasteiger partial charge in [0.05, 0.1) is 18.0 Å². The summed E-state index contributed by atoms with van der Waals surface area (Å²) >= 11 is 1.49. The highest BCUT2D eigenvalue weighted by Gasteiger charge is 2.30. The number of hydrogen-bond donors (Lipinski definition) is 1. The Bertz CT molecular complexity index is 739. The van der Waals surface area contributed by atoms with Gasteiger partial charge in [0, 0.05) is 0 Å². The van der Waals surface area contributed by atoms with Crippen molar-refractivity contribution in [1.82, 2.24) is 5.32 Å². The van der Waals surface area contributed by atoms with Gasteiger partial charge in [0.1, 0.15) is 5.75 Å². The van der Waals surface area contributed by atoms with Gasteiger partial charge < -0.3 is 10.1 Å². The smallest absolute Gasteiger partial charge is 0.239 e. The molecule has 0 bridgehead atoms. The van der Waals surface area contributed by atoms with Crippen LogP contribution < -0.4 is 10.1 Å². The topological polar surface area (TPSA) is 50.7 Å². The lowest BCUT2D eigenvalue weighted by atomic mass is 10.1. The van der Waals surface area contributed by atoms with Gasteiger partial charge in [0.15, 0.2) is 5.17 Å². The number of nitrogens with zero attached hydrogens (tertiary/aromatic N) is 1. The SMILES string of the molecule is CCc1ccc(N=C2NC(=O)[C@H](Cc3ccc(OC)cc3)S2)cc1. The summed E-state index contributed by atoms with van der Waals surface area (Å²) in [6.07, 6.45) is 1.68. The highest BCUT2D eigenvalue weighted by molar-refractivity contribution is 8.15. The second-order valence-corrected chi connectivity index (χ2v) is 6.78. The second-order valence-electron chi connectivity index (χ2n) is 5.58. The van der Waals surface area contributed by atoms with E-state index in [1.54, 1.807) is 7.11 Å². The monoisotopic (exact) mass is 340 g/mol. The van der Waals surface area contributed by atoms with E-state index in [1.807, 2.05) is 36.4 Å². The molecule has 124 valence electrons. The van der Waals surface area contributed by atoms with E-state index < -0.39 is 0 Å². The molecule has 24 heavy (non-hydrogen) atoms. The number of benzene rings is 2. The molecular weight excluding hydrogens is 320 g/mol. The van der Waals surface area contributed by atoms with Gasteiger partial charge in [-0.2, -0.15) is 0 Å². The molecule has 1 amide bonds. The van der Waals surface area contributed by atoms with Crippen LogP contribution in [-0.4, -0.2) is 23.4 Å². The lowest BCUT2D eigenvalue weighted by Crippen LogP contribution is -2.25. The van der Waals surface area contributed by atoms with Crippen LogP contribution in [-0.2, 0) is 17.6 Å². The molecule has 1 atom stereocenters. The van der Waals surface area contributed by atoms with Crippen LogP contribution in [0, 0.1) is 0 Å². The number of thioether (sulfide) groups is 1. The van der Waals surface area contributed by atoms with Crippen LogP contribution in [0.4, 0.5) is 5.69 Å². The number of methoxy groups -OCH3 is 1. The van der Waals surface area contributed by atoms with Crippen molar-refractivity contribution in [2.24, 2.45) is 4.99 Å². The summed E-state index contributed by atoms with van der Waals surface area (Å²) < 4.78 is 5.16. The molecule has 4 nitrogen and oxygen atoms in total. The number of hydrogen-bond acceptors (Lipinski definition) is 4. The van der Waals surface area contributed by atoms with Gasteiger partial charge in [0.25, 0.3) is 0 Å². The van der Waals surface area contributed by atoms with Gasteiger partial charge in [-0.15, -0.1) is 0 Å². The maximum Gasteiger partial charge on any atom is 0.239 e. The van der Waals surface area contributed by atoms with Gasteiger partial charge in [-0.25, -0.2) is 4.99 Å². The van der Waals surface area contributed by atoms with Gasteiger partial charge in [-0.05, 0) is 48.2 Å².